The standard InChI is InChI=1S/C15H20N2O3/c1-15(7-3-4-8-15)14(20)17(2)12-6-5-10(16)9-11(12)13(18)19/h5-6,9H,3-4,7-8,16H2,1-2H3,(H,18,19). The molecule has 5 heteroatoms. The molecule has 1 saturated carbocycles. The van der Waals surface area contributed by atoms with Gasteiger partial charge in [-0.3, -0.25) is 4.79 Å². The van der Waals surface area contributed by atoms with Gasteiger partial charge < -0.3 is 15.7 Å². The molecule has 108 valence electrons. The van der Waals surface area contributed by atoms with Crippen molar-refractivity contribution >= 4 is 23.3 Å². The molecule has 0 bridgehead atoms. The first kappa shape index (κ1) is 14.4. The number of nitrogens with zero attached hydrogens (tertiary/aromatic N) is 1. The first-order valence-electron chi connectivity index (χ1n) is 6.76. The lowest BCUT2D eigenvalue weighted by atomic mass is 9.87. The maximum absolute atomic E-state index is 12.6. The fraction of sp³-hybridized carbons (Fsp3) is 0.467. The van der Waals surface area contributed by atoms with Gasteiger partial charge in [-0.25, -0.2) is 4.79 Å². The number of anilines is 2. The molecule has 0 atom stereocenters. The number of carbonyl (C=O) groups is 2. The minimum atomic E-state index is -1.08. The molecular weight excluding hydrogens is 256 g/mol. The summed E-state index contributed by atoms with van der Waals surface area (Å²) in [5.74, 6) is -1.11. The van der Waals surface area contributed by atoms with Crippen LogP contribution in [0, 0.1) is 5.41 Å². The monoisotopic (exact) mass is 276 g/mol. The van der Waals surface area contributed by atoms with Crippen molar-refractivity contribution in [3.05, 3.63) is 23.8 Å². The Morgan fingerprint density at radius 1 is 1.30 bits per heavy atom. The lowest BCUT2D eigenvalue weighted by molar-refractivity contribution is -0.126. The van der Waals surface area contributed by atoms with Gasteiger partial charge in [0, 0.05) is 18.2 Å². The largest absolute Gasteiger partial charge is 0.478 e. The topological polar surface area (TPSA) is 83.6 Å². The average Bonchev–Trinajstić information content (AvgIpc) is 2.85. The van der Waals surface area contributed by atoms with E-state index in [0.29, 0.717) is 11.4 Å². The summed E-state index contributed by atoms with van der Waals surface area (Å²) in [4.78, 5) is 25.4. The second-order valence-electron chi connectivity index (χ2n) is 5.71. The maximum atomic E-state index is 12.6. The van der Waals surface area contributed by atoms with Crippen LogP contribution in [-0.4, -0.2) is 24.0 Å². The predicted molar refractivity (Wildman–Crippen MR) is 77.8 cm³/mol. The van der Waals surface area contributed by atoms with Gasteiger partial charge in [0.25, 0.3) is 0 Å². The normalized spacial score (nSPS) is 16.9. The number of nitrogens with two attached hydrogens (primary N) is 1. The number of benzene rings is 1. The van der Waals surface area contributed by atoms with E-state index in [1.807, 2.05) is 6.92 Å². The summed E-state index contributed by atoms with van der Waals surface area (Å²) in [6, 6.07) is 4.59. The Hall–Kier alpha value is -2.04. The molecule has 1 aromatic carbocycles. The molecule has 0 radical (unpaired) electrons. The number of aromatic carboxylic acids is 1. The highest BCUT2D eigenvalue weighted by atomic mass is 16.4. The van der Waals surface area contributed by atoms with Crippen molar-refractivity contribution in [2.75, 3.05) is 17.7 Å². The van der Waals surface area contributed by atoms with Gasteiger partial charge in [0.1, 0.15) is 0 Å². The van der Waals surface area contributed by atoms with Crippen LogP contribution in [0.5, 0.6) is 0 Å². The van der Waals surface area contributed by atoms with E-state index >= 15 is 0 Å². The third-order valence-corrected chi connectivity index (χ3v) is 4.14. The summed E-state index contributed by atoms with van der Waals surface area (Å²) in [6.07, 6.45) is 3.80. The van der Waals surface area contributed by atoms with E-state index in [1.165, 1.54) is 11.0 Å². The Morgan fingerprint density at radius 2 is 1.90 bits per heavy atom. The zero-order valence-corrected chi connectivity index (χ0v) is 11.8. The van der Waals surface area contributed by atoms with Gasteiger partial charge in [-0.15, -0.1) is 0 Å². The van der Waals surface area contributed by atoms with Gasteiger partial charge in [-0.2, -0.15) is 0 Å². The number of carbonyl (C=O) groups excluding carboxylic acids is 1. The molecule has 20 heavy (non-hydrogen) atoms. The molecule has 0 aliphatic heterocycles. The third kappa shape index (κ3) is 2.48. The molecular formula is C15H20N2O3. The van der Waals surface area contributed by atoms with Crippen molar-refractivity contribution in [3.63, 3.8) is 0 Å². The van der Waals surface area contributed by atoms with Gasteiger partial charge in [-0.1, -0.05) is 19.8 Å². The summed E-state index contributed by atoms with van der Waals surface area (Å²) < 4.78 is 0. The van der Waals surface area contributed by atoms with Gasteiger partial charge in [-0.05, 0) is 31.0 Å². The van der Waals surface area contributed by atoms with E-state index in [-0.39, 0.29) is 16.9 Å². The lowest BCUT2D eigenvalue weighted by Crippen LogP contribution is -2.39. The molecule has 1 amide bonds. The van der Waals surface area contributed by atoms with Crippen molar-refractivity contribution < 1.29 is 14.7 Å². The molecule has 1 aromatic rings. The number of nitrogen functional groups attached to an aromatic ring is 1. The number of hydrogen-bond acceptors (Lipinski definition) is 3. The second kappa shape index (κ2) is 5.15. The van der Waals surface area contributed by atoms with Crippen LogP contribution in [0.15, 0.2) is 18.2 Å². The fourth-order valence-corrected chi connectivity index (χ4v) is 2.90. The van der Waals surface area contributed by atoms with Crippen LogP contribution >= 0.6 is 0 Å². The molecule has 1 fully saturated rings. The Morgan fingerprint density at radius 3 is 2.45 bits per heavy atom. The summed E-state index contributed by atoms with van der Waals surface area (Å²) in [6.45, 7) is 1.95. The molecule has 0 unspecified atom stereocenters. The van der Waals surface area contributed by atoms with Gasteiger partial charge >= 0.3 is 5.97 Å². The molecule has 1 aliphatic carbocycles. The molecule has 0 aromatic heterocycles. The number of amides is 1. The van der Waals surface area contributed by atoms with E-state index in [1.54, 1.807) is 19.2 Å². The van der Waals surface area contributed by atoms with Crippen LogP contribution in [0.4, 0.5) is 11.4 Å². The summed E-state index contributed by atoms with van der Waals surface area (Å²) in [7, 11) is 1.63. The summed E-state index contributed by atoms with van der Waals surface area (Å²) in [5, 5.41) is 9.26. The number of carboxylic acid groups (broad SMARTS) is 1. The molecule has 5 nitrogen and oxygen atoms in total. The second-order valence-corrected chi connectivity index (χ2v) is 5.71. The highest BCUT2D eigenvalue weighted by molar-refractivity contribution is 6.04. The zero-order valence-electron chi connectivity index (χ0n) is 11.8. The highest BCUT2D eigenvalue weighted by Gasteiger charge is 2.39. The fourth-order valence-electron chi connectivity index (χ4n) is 2.90. The van der Waals surface area contributed by atoms with Crippen molar-refractivity contribution in [3.8, 4) is 0 Å². The van der Waals surface area contributed by atoms with E-state index in [0.717, 1.165) is 25.7 Å². The first-order chi connectivity index (χ1) is 9.35. The van der Waals surface area contributed by atoms with Crippen molar-refractivity contribution in [1.29, 1.82) is 0 Å². The minimum absolute atomic E-state index is 0.0257. The molecule has 1 aliphatic rings. The quantitative estimate of drug-likeness (QED) is 0.831. The zero-order chi connectivity index (χ0) is 14.9. The Kier molecular flexibility index (Phi) is 3.70. The summed E-state index contributed by atoms with van der Waals surface area (Å²) in [5.41, 5.74) is 6.07. The van der Waals surface area contributed by atoms with E-state index in [4.69, 9.17) is 5.73 Å². The van der Waals surface area contributed by atoms with E-state index in [2.05, 4.69) is 0 Å². The van der Waals surface area contributed by atoms with Crippen LogP contribution in [0.25, 0.3) is 0 Å². The third-order valence-electron chi connectivity index (χ3n) is 4.14. The number of rotatable bonds is 3. The molecule has 0 heterocycles. The van der Waals surface area contributed by atoms with Crippen LogP contribution in [0.3, 0.4) is 0 Å². The van der Waals surface area contributed by atoms with Crippen LogP contribution in [-0.2, 0) is 4.79 Å². The average molecular weight is 276 g/mol. The SMILES string of the molecule is CN(C(=O)C1(C)CCCC1)c1ccc(N)cc1C(=O)O. The lowest BCUT2D eigenvalue weighted by Gasteiger charge is -2.29. The van der Waals surface area contributed by atoms with Gasteiger partial charge in [0.2, 0.25) is 5.91 Å². The van der Waals surface area contributed by atoms with E-state index in [9.17, 15) is 14.7 Å². The van der Waals surface area contributed by atoms with Crippen molar-refractivity contribution in [2.45, 2.75) is 32.6 Å². The first-order valence-corrected chi connectivity index (χ1v) is 6.76. The molecule has 0 spiro atoms. The number of hydrogen-bond donors (Lipinski definition) is 2. The smallest absolute Gasteiger partial charge is 0.337 e. The van der Waals surface area contributed by atoms with Gasteiger partial charge in [0.05, 0.1) is 11.3 Å². The molecule has 2 rings (SSSR count). The van der Waals surface area contributed by atoms with Crippen molar-refractivity contribution in [1.82, 2.24) is 0 Å². The Balaban J connectivity index is 2.36. The van der Waals surface area contributed by atoms with E-state index < -0.39 is 5.97 Å². The highest BCUT2D eigenvalue weighted by Crippen LogP contribution is 2.40. The predicted octanol–water partition coefficient (Wildman–Crippen LogP) is 2.51. The molecule has 3 N–H and O–H groups in total. The Bertz CT molecular complexity index is 548. The molecule has 0 saturated heterocycles. The number of carboxylic acids is 1. The Labute approximate surface area is 118 Å². The maximum Gasteiger partial charge on any atom is 0.337 e. The minimum Gasteiger partial charge on any atom is -0.478 e. The van der Waals surface area contributed by atoms with Gasteiger partial charge in [0.15, 0.2) is 0 Å². The van der Waals surface area contributed by atoms with Crippen LogP contribution in [0.2, 0.25) is 0 Å². The van der Waals surface area contributed by atoms with Crippen LogP contribution < -0.4 is 10.6 Å². The van der Waals surface area contributed by atoms with Crippen molar-refractivity contribution in [2.24, 2.45) is 5.41 Å². The van der Waals surface area contributed by atoms with Crippen LogP contribution in [0.1, 0.15) is 43.0 Å². The summed E-state index contributed by atoms with van der Waals surface area (Å²) >= 11 is 0.